The van der Waals surface area contributed by atoms with E-state index < -0.39 is 6.10 Å². The number of aliphatic hydroxyl groups excluding tert-OH is 1. The van der Waals surface area contributed by atoms with E-state index in [4.69, 9.17) is 4.74 Å². The van der Waals surface area contributed by atoms with Crippen LogP contribution in [0.5, 0.6) is 17.2 Å². The summed E-state index contributed by atoms with van der Waals surface area (Å²) >= 11 is 0. The molecule has 27 heavy (non-hydrogen) atoms. The molecule has 0 spiro atoms. The monoisotopic (exact) mass is 367 g/mol. The molecule has 0 unspecified atom stereocenters. The van der Waals surface area contributed by atoms with Crippen molar-refractivity contribution in [3.05, 3.63) is 65.7 Å². The van der Waals surface area contributed by atoms with Crippen LogP contribution in [0.1, 0.15) is 24.2 Å². The van der Waals surface area contributed by atoms with E-state index in [1.165, 1.54) is 23.8 Å². The highest BCUT2D eigenvalue weighted by Crippen LogP contribution is 2.29. The van der Waals surface area contributed by atoms with Crippen molar-refractivity contribution in [2.45, 2.75) is 25.5 Å². The molecular weight excluding hydrogens is 342 g/mol. The number of nitrogens with one attached hydrogen (secondary N) is 1. The van der Waals surface area contributed by atoms with Crippen molar-refractivity contribution >= 4 is 10.8 Å². The topological polar surface area (TPSA) is 82.0 Å². The quantitative estimate of drug-likeness (QED) is 0.514. The van der Waals surface area contributed by atoms with Crippen LogP contribution in [0.25, 0.3) is 10.8 Å². The Morgan fingerprint density at radius 1 is 0.963 bits per heavy atom. The molecule has 0 radical (unpaired) electrons. The van der Waals surface area contributed by atoms with Crippen molar-refractivity contribution < 1.29 is 20.1 Å². The Bertz CT molecular complexity index is 905. The van der Waals surface area contributed by atoms with Crippen molar-refractivity contribution in [3.63, 3.8) is 0 Å². The molecule has 0 saturated heterocycles. The third kappa shape index (κ3) is 4.51. The van der Waals surface area contributed by atoms with E-state index in [0.29, 0.717) is 12.1 Å². The van der Waals surface area contributed by atoms with Gasteiger partial charge in [-0.3, -0.25) is 0 Å². The van der Waals surface area contributed by atoms with Crippen molar-refractivity contribution in [1.82, 2.24) is 5.32 Å². The molecule has 0 aliphatic heterocycles. The molecular formula is C22H25NO4. The fraction of sp³-hybridized carbons (Fsp3) is 0.273. The van der Waals surface area contributed by atoms with Gasteiger partial charge < -0.3 is 25.4 Å². The molecule has 5 nitrogen and oxygen atoms in total. The molecule has 3 aromatic carbocycles. The summed E-state index contributed by atoms with van der Waals surface area (Å²) in [6, 6.07) is 16.5. The average Bonchev–Trinajstić information content (AvgIpc) is 2.65. The molecule has 3 rings (SSSR count). The van der Waals surface area contributed by atoms with E-state index in [9.17, 15) is 15.3 Å². The van der Waals surface area contributed by atoms with Crippen molar-refractivity contribution in [3.8, 4) is 17.2 Å². The first kappa shape index (κ1) is 19.0. The highest BCUT2D eigenvalue weighted by Gasteiger charge is 2.13. The highest BCUT2D eigenvalue weighted by molar-refractivity contribution is 5.91. The molecule has 0 heterocycles. The van der Waals surface area contributed by atoms with Gasteiger partial charge in [0.05, 0.1) is 13.2 Å². The fourth-order valence-corrected chi connectivity index (χ4v) is 3.33. The first-order valence-electron chi connectivity index (χ1n) is 8.97. The molecule has 5 heteroatoms. The van der Waals surface area contributed by atoms with Gasteiger partial charge in [-0.1, -0.05) is 30.3 Å². The van der Waals surface area contributed by atoms with Crippen LogP contribution in [0.3, 0.4) is 0 Å². The minimum atomic E-state index is -0.821. The standard InChI is InChI=1S/C22H25NO4/c1-14(23-13-21(26)16-10-17(24)12-18(25)11-16)9-15-7-8-22(27-2)20-6-4-3-5-19(15)20/h3-8,10-12,14,21,23-26H,9,13H2,1-2H3/t14-,21-/m1/s1. The van der Waals surface area contributed by atoms with Crippen molar-refractivity contribution in [2.75, 3.05) is 13.7 Å². The van der Waals surface area contributed by atoms with E-state index in [1.54, 1.807) is 7.11 Å². The zero-order chi connectivity index (χ0) is 19.4. The molecule has 3 aromatic rings. The van der Waals surface area contributed by atoms with Gasteiger partial charge in [0.2, 0.25) is 0 Å². The summed E-state index contributed by atoms with van der Waals surface area (Å²) in [5, 5.41) is 35.0. The summed E-state index contributed by atoms with van der Waals surface area (Å²) in [6.45, 7) is 2.38. The molecule has 2 atom stereocenters. The van der Waals surface area contributed by atoms with Crippen LogP contribution in [-0.4, -0.2) is 35.0 Å². The third-order valence-corrected chi connectivity index (χ3v) is 4.69. The number of methoxy groups -OCH3 is 1. The number of benzene rings is 3. The van der Waals surface area contributed by atoms with E-state index in [0.717, 1.165) is 22.9 Å². The highest BCUT2D eigenvalue weighted by atomic mass is 16.5. The Labute approximate surface area is 158 Å². The van der Waals surface area contributed by atoms with Gasteiger partial charge in [-0.25, -0.2) is 0 Å². The summed E-state index contributed by atoms with van der Waals surface area (Å²) in [4.78, 5) is 0. The smallest absolute Gasteiger partial charge is 0.126 e. The number of rotatable bonds is 7. The van der Waals surface area contributed by atoms with Gasteiger partial charge >= 0.3 is 0 Å². The molecule has 0 aliphatic rings. The third-order valence-electron chi connectivity index (χ3n) is 4.69. The van der Waals surface area contributed by atoms with Crippen molar-refractivity contribution in [1.29, 1.82) is 0 Å². The second kappa shape index (κ2) is 8.29. The number of aromatic hydroxyl groups is 2. The average molecular weight is 367 g/mol. The van der Waals surface area contributed by atoms with Crippen LogP contribution >= 0.6 is 0 Å². The zero-order valence-electron chi connectivity index (χ0n) is 15.5. The minimum absolute atomic E-state index is 0.0678. The first-order chi connectivity index (χ1) is 13.0. The predicted molar refractivity (Wildman–Crippen MR) is 106 cm³/mol. The Morgan fingerprint density at radius 2 is 1.63 bits per heavy atom. The Kier molecular flexibility index (Phi) is 5.84. The maximum absolute atomic E-state index is 10.3. The van der Waals surface area contributed by atoms with E-state index >= 15 is 0 Å². The van der Waals surface area contributed by atoms with E-state index in [1.807, 2.05) is 24.3 Å². The second-order valence-corrected chi connectivity index (χ2v) is 6.78. The zero-order valence-corrected chi connectivity index (χ0v) is 15.5. The summed E-state index contributed by atoms with van der Waals surface area (Å²) < 4.78 is 5.45. The van der Waals surface area contributed by atoms with Crippen LogP contribution < -0.4 is 10.1 Å². The van der Waals surface area contributed by atoms with Gasteiger partial charge in [-0.15, -0.1) is 0 Å². The molecule has 0 aliphatic carbocycles. The molecule has 142 valence electrons. The van der Waals surface area contributed by atoms with Gasteiger partial charge in [-0.05, 0) is 48.1 Å². The van der Waals surface area contributed by atoms with Crippen LogP contribution in [0.2, 0.25) is 0 Å². The number of ether oxygens (including phenoxy) is 1. The van der Waals surface area contributed by atoms with E-state index in [2.05, 4.69) is 24.4 Å². The maximum Gasteiger partial charge on any atom is 0.126 e. The Hall–Kier alpha value is -2.76. The summed E-state index contributed by atoms with van der Waals surface area (Å²) in [5.74, 6) is 0.720. The van der Waals surface area contributed by atoms with Gasteiger partial charge in [0.25, 0.3) is 0 Å². The van der Waals surface area contributed by atoms with Gasteiger partial charge in [-0.2, -0.15) is 0 Å². The van der Waals surface area contributed by atoms with Crippen LogP contribution in [-0.2, 0) is 6.42 Å². The largest absolute Gasteiger partial charge is 0.508 e. The molecule has 0 bridgehead atoms. The molecule has 4 N–H and O–H groups in total. The second-order valence-electron chi connectivity index (χ2n) is 6.78. The van der Waals surface area contributed by atoms with E-state index in [-0.39, 0.29) is 17.5 Å². The molecule has 0 saturated carbocycles. The van der Waals surface area contributed by atoms with Crippen LogP contribution in [0.4, 0.5) is 0 Å². The lowest BCUT2D eigenvalue weighted by atomic mass is 9.98. The lowest BCUT2D eigenvalue weighted by Gasteiger charge is -2.19. The molecule has 0 amide bonds. The van der Waals surface area contributed by atoms with Crippen molar-refractivity contribution in [2.24, 2.45) is 0 Å². The predicted octanol–water partition coefficient (Wildman–Crippen LogP) is 3.51. The number of aliphatic hydroxyl groups is 1. The lowest BCUT2D eigenvalue weighted by Crippen LogP contribution is -2.32. The molecule has 0 aromatic heterocycles. The SMILES string of the molecule is COc1ccc(C[C@@H](C)NC[C@@H](O)c2cc(O)cc(O)c2)c2ccccc12. The number of hydrogen-bond acceptors (Lipinski definition) is 5. The minimum Gasteiger partial charge on any atom is -0.508 e. The van der Waals surface area contributed by atoms with Crippen LogP contribution in [0.15, 0.2) is 54.6 Å². The Morgan fingerprint density at radius 3 is 2.30 bits per heavy atom. The summed E-state index contributed by atoms with van der Waals surface area (Å²) in [5.41, 5.74) is 1.68. The van der Waals surface area contributed by atoms with Gasteiger partial charge in [0, 0.05) is 24.0 Å². The lowest BCUT2D eigenvalue weighted by molar-refractivity contribution is 0.170. The number of hydrogen-bond donors (Lipinski definition) is 4. The Balaban J connectivity index is 1.67. The number of phenolic OH excluding ortho intramolecular Hbond substituents is 2. The summed E-state index contributed by atoms with van der Waals surface area (Å²) in [7, 11) is 1.67. The number of phenols is 2. The molecule has 0 fully saturated rings. The maximum atomic E-state index is 10.3. The fourth-order valence-electron chi connectivity index (χ4n) is 3.33. The van der Waals surface area contributed by atoms with Crippen LogP contribution in [0, 0.1) is 0 Å². The first-order valence-corrected chi connectivity index (χ1v) is 8.97. The van der Waals surface area contributed by atoms with Gasteiger partial charge in [0.15, 0.2) is 0 Å². The summed E-state index contributed by atoms with van der Waals surface area (Å²) in [6.07, 6.45) is -0.0271. The van der Waals surface area contributed by atoms with Gasteiger partial charge in [0.1, 0.15) is 17.2 Å². The normalized spacial score (nSPS) is 13.4. The number of fused-ring (bicyclic) bond motifs is 1.